The molecule has 1 N–H and O–H groups in total. The quantitative estimate of drug-likeness (QED) is 0.907. The minimum absolute atomic E-state index is 0.176. The summed E-state index contributed by atoms with van der Waals surface area (Å²) in [6.07, 6.45) is 2.65. The summed E-state index contributed by atoms with van der Waals surface area (Å²) in [5.41, 5.74) is 2.20. The van der Waals surface area contributed by atoms with Crippen LogP contribution in [-0.4, -0.2) is 29.6 Å². The van der Waals surface area contributed by atoms with E-state index in [1.165, 1.54) is 17.7 Å². The van der Waals surface area contributed by atoms with E-state index in [1.807, 2.05) is 42.5 Å². The molecule has 0 amide bonds. The monoisotopic (exact) mass is 313 g/mol. The summed E-state index contributed by atoms with van der Waals surface area (Å²) >= 11 is 0. The Balaban J connectivity index is 1.46. The van der Waals surface area contributed by atoms with Gasteiger partial charge in [-0.15, -0.1) is 0 Å². The molecule has 2 aromatic rings. The SMILES string of the molecule is O[C@H](c1ccccc1)C1CCN(CCc2ccc(F)cc2)CC1. The normalized spacial score (nSPS) is 18.0. The van der Waals surface area contributed by atoms with Crippen LogP contribution < -0.4 is 0 Å². The molecule has 1 aliphatic rings. The summed E-state index contributed by atoms with van der Waals surface area (Å²) in [6, 6.07) is 16.7. The number of nitrogens with zero attached hydrogens (tertiary/aromatic N) is 1. The average molecular weight is 313 g/mol. The molecule has 1 saturated heterocycles. The highest BCUT2D eigenvalue weighted by molar-refractivity contribution is 5.18. The molecular formula is C20H24FNO. The first-order chi connectivity index (χ1) is 11.2. The lowest BCUT2D eigenvalue weighted by Gasteiger charge is -2.34. The van der Waals surface area contributed by atoms with E-state index < -0.39 is 0 Å². The van der Waals surface area contributed by atoms with Gasteiger partial charge in [0.05, 0.1) is 6.10 Å². The Morgan fingerprint density at radius 3 is 2.30 bits per heavy atom. The van der Waals surface area contributed by atoms with Crippen LogP contribution in [0.5, 0.6) is 0 Å². The maximum absolute atomic E-state index is 12.9. The number of aliphatic hydroxyl groups excluding tert-OH is 1. The highest BCUT2D eigenvalue weighted by Gasteiger charge is 2.25. The van der Waals surface area contributed by atoms with E-state index in [4.69, 9.17) is 0 Å². The van der Waals surface area contributed by atoms with E-state index in [-0.39, 0.29) is 11.9 Å². The van der Waals surface area contributed by atoms with Gasteiger partial charge in [0.2, 0.25) is 0 Å². The van der Waals surface area contributed by atoms with Crippen molar-refractivity contribution in [2.45, 2.75) is 25.4 Å². The van der Waals surface area contributed by atoms with Crippen LogP contribution in [0.15, 0.2) is 54.6 Å². The summed E-state index contributed by atoms with van der Waals surface area (Å²) in [5, 5.41) is 10.5. The molecule has 122 valence electrons. The smallest absolute Gasteiger partial charge is 0.123 e. The molecule has 0 bridgehead atoms. The van der Waals surface area contributed by atoms with Crippen molar-refractivity contribution < 1.29 is 9.50 Å². The Hall–Kier alpha value is -1.71. The molecule has 23 heavy (non-hydrogen) atoms. The Bertz CT molecular complexity index is 591. The standard InChI is InChI=1S/C20H24FNO/c21-19-8-6-16(7-9-19)10-13-22-14-11-18(12-15-22)20(23)17-4-2-1-3-5-17/h1-9,18,20,23H,10-15H2/t20-/m1/s1. The Kier molecular flexibility index (Phi) is 5.42. The van der Waals surface area contributed by atoms with Crippen molar-refractivity contribution in [2.75, 3.05) is 19.6 Å². The van der Waals surface area contributed by atoms with Gasteiger partial charge in [0.1, 0.15) is 5.82 Å². The Morgan fingerprint density at radius 1 is 1.00 bits per heavy atom. The molecule has 0 aromatic heterocycles. The number of hydrogen-bond donors (Lipinski definition) is 1. The lowest BCUT2D eigenvalue weighted by molar-refractivity contribution is 0.0592. The molecule has 2 aromatic carbocycles. The molecule has 0 saturated carbocycles. The number of rotatable bonds is 5. The number of piperidine rings is 1. The fourth-order valence-electron chi connectivity index (χ4n) is 3.35. The van der Waals surface area contributed by atoms with E-state index in [2.05, 4.69) is 4.90 Å². The zero-order valence-corrected chi connectivity index (χ0v) is 13.4. The molecule has 3 heteroatoms. The fraction of sp³-hybridized carbons (Fsp3) is 0.400. The summed E-state index contributed by atoms with van der Waals surface area (Å²) in [7, 11) is 0. The van der Waals surface area contributed by atoms with Gasteiger partial charge in [-0.05, 0) is 61.5 Å². The van der Waals surface area contributed by atoms with E-state index in [0.717, 1.165) is 44.5 Å². The van der Waals surface area contributed by atoms with Crippen LogP contribution in [0.3, 0.4) is 0 Å². The zero-order valence-electron chi connectivity index (χ0n) is 13.4. The van der Waals surface area contributed by atoms with Crippen molar-refractivity contribution in [2.24, 2.45) is 5.92 Å². The lowest BCUT2D eigenvalue weighted by atomic mass is 9.87. The first-order valence-corrected chi connectivity index (χ1v) is 8.42. The van der Waals surface area contributed by atoms with Crippen LogP contribution in [0.4, 0.5) is 4.39 Å². The van der Waals surface area contributed by atoms with Crippen LogP contribution >= 0.6 is 0 Å². The van der Waals surface area contributed by atoms with Crippen molar-refractivity contribution in [3.05, 3.63) is 71.5 Å². The highest BCUT2D eigenvalue weighted by Crippen LogP contribution is 2.30. The summed E-state index contributed by atoms with van der Waals surface area (Å²) < 4.78 is 12.9. The van der Waals surface area contributed by atoms with E-state index in [0.29, 0.717) is 5.92 Å². The number of aliphatic hydroxyl groups is 1. The molecule has 0 aliphatic carbocycles. The number of likely N-dealkylation sites (tertiary alicyclic amines) is 1. The third kappa shape index (κ3) is 4.40. The van der Waals surface area contributed by atoms with E-state index >= 15 is 0 Å². The van der Waals surface area contributed by atoms with Gasteiger partial charge in [-0.25, -0.2) is 4.39 Å². The number of halogens is 1. The fourth-order valence-corrected chi connectivity index (χ4v) is 3.35. The van der Waals surface area contributed by atoms with Gasteiger partial charge in [0.25, 0.3) is 0 Å². The second kappa shape index (κ2) is 7.71. The van der Waals surface area contributed by atoms with Crippen molar-refractivity contribution in [1.29, 1.82) is 0 Å². The third-order valence-electron chi connectivity index (χ3n) is 4.85. The minimum atomic E-state index is -0.351. The van der Waals surface area contributed by atoms with Crippen molar-refractivity contribution in [1.82, 2.24) is 4.90 Å². The predicted octanol–water partition coefficient (Wildman–Crippen LogP) is 3.81. The lowest BCUT2D eigenvalue weighted by Crippen LogP contribution is -2.36. The molecule has 1 fully saturated rings. The third-order valence-corrected chi connectivity index (χ3v) is 4.85. The largest absolute Gasteiger partial charge is 0.388 e. The minimum Gasteiger partial charge on any atom is -0.388 e. The maximum atomic E-state index is 12.9. The molecule has 1 heterocycles. The van der Waals surface area contributed by atoms with Gasteiger partial charge in [0, 0.05) is 6.54 Å². The summed E-state index contributed by atoms with van der Waals surface area (Å²) in [5.74, 6) is 0.170. The van der Waals surface area contributed by atoms with Gasteiger partial charge in [-0.1, -0.05) is 42.5 Å². The Morgan fingerprint density at radius 2 is 1.65 bits per heavy atom. The zero-order chi connectivity index (χ0) is 16.1. The van der Waals surface area contributed by atoms with Crippen LogP contribution in [0.25, 0.3) is 0 Å². The summed E-state index contributed by atoms with van der Waals surface area (Å²) in [4.78, 5) is 2.44. The number of hydrogen-bond acceptors (Lipinski definition) is 2. The molecule has 0 spiro atoms. The highest BCUT2D eigenvalue weighted by atomic mass is 19.1. The molecule has 1 aliphatic heterocycles. The maximum Gasteiger partial charge on any atom is 0.123 e. The van der Waals surface area contributed by atoms with E-state index in [1.54, 1.807) is 0 Å². The number of benzene rings is 2. The molecule has 0 unspecified atom stereocenters. The van der Waals surface area contributed by atoms with Crippen LogP contribution in [0, 0.1) is 11.7 Å². The van der Waals surface area contributed by atoms with Gasteiger partial charge in [0.15, 0.2) is 0 Å². The van der Waals surface area contributed by atoms with Crippen molar-refractivity contribution in [3.8, 4) is 0 Å². The van der Waals surface area contributed by atoms with Crippen molar-refractivity contribution >= 4 is 0 Å². The Labute approximate surface area is 137 Å². The topological polar surface area (TPSA) is 23.5 Å². The van der Waals surface area contributed by atoms with E-state index in [9.17, 15) is 9.50 Å². The second-order valence-electron chi connectivity index (χ2n) is 6.41. The summed E-state index contributed by atoms with van der Waals surface area (Å²) in [6.45, 7) is 3.05. The molecule has 0 radical (unpaired) electrons. The van der Waals surface area contributed by atoms with Crippen LogP contribution in [0.2, 0.25) is 0 Å². The van der Waals surface area contributed by atoms with Gasteiger partial charge in [-0.2, -0.15) is 0 Å². The molecule has 3 rings (SSSR count). The second-order valence-corrected chi connectivity index (χ2v) is 6.41. The first kappa shape index (κ1) is 16.2. The predicted molar refractivity (Wildman–Crippen MR) is 90.7 cm³/mol. The van der Waals surface area contributed by atoms with Crippen LogP contribution in [0.1, 0.15) is 30.1 Å². The average Bonchev–Trinajstić information content (AvgIpc) is 2.62. The molecule has 1 atom stereocenters. The van der Waals surface area contributed by atoms with Gasteiger partial charge in [-0.3, -0.25) is 0 Å². The first-order valence-electron chi connectivity index (χ1n) is 8.42. The van der Waals surface area contributed by atoms with Gasteiger partial charge >= 0.3 is 0 Å². The van der Waals surface area contributed by atoms with Crippen LogP contribution in [-0.2, 0) is 6.42 Å². The van der Waals surface area contributed by atoms with Crippen molar-refractivity contribution in [3.63, 3.8) is 0 Å². The van der Waals surface area contributed by atoms with Gasteiger partial charge < -0.3 is 10.0 Å². The molecular weight excluding hydrogens is 289 g/mol. The molecule has 2 nitrogen and oxygen atoms in total.